The number of rotatable bonds is 2. The number of nitrogens with zero attached hydrogens (tertiary/aromatic N) is 2. The molecule has 1 saturated heterocycles. The molecule has 0 aromatic heterocycles. The molecule has 0 unspecified atom stereocenters. The second-order valence-electron chi connectivity index (χ2n) is 6.86. The average molecular weight is 325 g/mol. The SMILES string of the molecule is Clc1ccc(N2CCN([C@H]3C[C@H]4CC[C@H]3C4)CC2)cc1Cl. The molecule has 1 aromatic carbocycles. The minimum absolute atomic E-state index is 0.640. The van der Waals surface area contributed by atoms with E-state index in [4.69, 9.17) is 23.2 Å². The van der Waals surface area contributed by atoms with Crippen molar-refractivity contribution in [1.29, 1.82) is 0 Å². The highest BCUT2D eigenvalue weighted by Crippen LogP contribution is 2.46. The van der Waals surface area contributed by atoms with Crippen LogP contribution in [0.3, 0.4) is 0 Å². The van der Waals surface area contributed by atoms with Crippen molar-refractivity contribution >= 4 is 28.9 Å². The van der Waals surface area contributed by atoms with E-state index in [1.54, 1.807) is 0 Å². The summed E-state index contributed by atoms with van der Waals surface area (Å²) in [6, 6.07) is 6.86. The van der Waals surface area contributed by atoms with E-state index >= 15 is 0 Å². The highest BCUT2D eigenvalue weighted by atomic mass is 35.5. The summed E-state index contributed by atoms with van der Waals surface area (Å²) in [6.45, 7) is 4.58. The third-order valence-electron chi connectivity index (χ3n) is 5.75. The molecule has 4 heteroatoms. The highest BCUT2D eigenvalue weighted by Gasteiger charge is 2.42. The number of anilines is 1. The van der Waals surface area contributed by atoms with Gasteiger partial charge in [-0.1, -0.05) is 29.6 Å². The smallest absolute Gasteiger partial charge is 0.0612 e. The molecule has 0 amide bonds. The van der Waals surface area contributed by atoms with Crippen molar-refractivity contribution in [2.75, 3.05) is 31.1 Å². The van der Waals surface area contributed by atoms with Gasteiger partial charge in [0.15, 0.2) is 0 Å². The fraction of sp³-hybridized carbons (Fsp3) is 0.647. The molecule has 4 rings (SSSR count). The molecule has 0 spiro atoms. The monoisotopic (exact) mass is 324 g/mol. The minimum atomic E-state index is 0.640. The summed E-state index contributed by atoms with van der Waals surface area (Å²) < 4.78 is 0. The lowest BCUT2D eigenvalue weighted by Gasteiger charge is -2.41. The molecular formula is C17H22Cl2N2. The van der Waals surface area contributed by atoms with Crippen LogP contribution in [0.5, 0.6) is 0 Å². The second kappa shape index (κ2) is 5.64. The number of halogens is 2. The van der Waals surface area contributed by atoms with Crippen LogP contribution in [0.15, 0.2) is 18.2 Å². The first-order valence-corrected chi connectivity index (χ1v) is 8.90. The number of benzene rings is 1. The third-order valence-corrected chi connectivity index (χ3v) is 6.49. The quantitative estimate of drug-likeness (QED) is 0.800. The Bertz CT molecular complexity index is 526. The zero-order chi connectivity index (χ0) is 14.4. The Morgan fingerprint density at radius 1 is 0.905 bits per heavy atom. The van der Waals surface area contributed by atoms with E-state index in [0.717, 1.165) is 31.0 Å². The lowest BCUT2D eigenvalue weighted by Crippen LogP contribution is -2.51. The fourth-order valence-corrected chi connectivity index (χ4v) is 4.94. The topological polar surface area (TPSA) is 6.48 Å². The molecule has 2 aliphatic carbocycles. The van der Waals surface area contributed by atoms with Crippen molar-refractivity contribution in [2.45, 2.75) is 31.7 Å². The number of piperazine rings is 1. The van der Waals surface area contributed by atoms with Gasteiger partial charge < -0.3 is 4.90 Å². The molecule has 2 saturated carbocycles. The molecule has 114 valence electrons. The fourth-order valence-electron chi connectivity index (χ4n) is 4.65. The van der Waals surface area contributed by atoms with Gasteiger partial charge in [0, 0.05) is 37.9 Å². The molecular weight excluding hydrogens is 303 g/mol. The Hall–Kier alpha value is -0.440. The van der Waals surface area contributed by atoms with Crippen molar-refractivity contribution in [1.82, 2.24) is 4.90 Å². The summed E-state index contributed by atoms with van der Waals surface area (Å²) in [5, 5.41) is 1.30. The van der Waals surface area contributed by atoms with Crippen molar-refractivity contribution < 1.29 is 0 Å². The summed E-state index contributed by atoms with van der Waals surface area (Å²) >= 11 is 12.1. The summed E-state index contributed by atoms with van der Waals surface area (Å²) in [6.07, 6.45) is 5.92. The first-order chi connectivity index (χ1) is 10.2. The van der Waals surface area contributed by atoms with Crippen molar-refractivity contribution in [3.05, 3.63) is 28.2 Å². The Kier molecular flexibility index (Phi) is 3.81. The number of hydrogen-bond acceptors (Lipinski definition) is 2. The van der Waals surface area contributed by atoms with Gasteiger partial charge in [-0.3, -0.25) is 4.90 Å². The maximum atomic E-state index is 6.14. The van der Waals surface area contributed by atoms with E-state index in [-0.39, 0.29) is 0 Å². The van der Waals surface area contributed by atoms with Crippen LogP contribution in [0, 0.1) is 11.8 Å². The van der Waals surface area contributed by atoms with E-state index in [1.807, 2.05) is 12.1 Å². The predicted molar refractivity (Wildman–Crippen MR) is 89.5 cm³/mol. The molecule has 0 radical (unpaired) electrons. The molecule has 1 aromatic rings. The Balaban J connectivity index is 1.39. The van der Waals surface area contributed by atoms with Crippen LogP contribution >= 0.6 is 23.2 Å². The second-order valence-corrected chi connectivity index (χ2v) is 7.68. The van der Waals surface area contributed by atoms with Crippen molar-refractivity contribution in [3.8, 4) is 0 Å². The molecule has 1 heterocycles. The van der Waals surface area contributed by atoms with Crippen LogP contribution in [0.1, 0.15) is 25.7 Å². The van der Waals surface area contributed by atoms with Crippen LogP contribution in [0.4, 0.5) is 5.69 Å². The number of fused-ring (bicyclic) bond motifs is 2. The zero-order valence-electron chi connectivity index (χ0n) is 12.3. The van der Waals surface area contributed by atoms with Gasteiger partial charge in [0.05, 0.1) is 10.0 Å². The van der Waals surface area contributed by atoms with Crippen LogP contribution < -0.4 is 4.90 Å². The predicted octanol–water partition coefficient (Wildman–Crippen LogP) is 4.30. The van der Waals surface area contributed by atoms with Gasteiger partial charge in [-0.25, -0.2) is 0 Å². The molecule has 3 fully saturated rings. The highest BCUT2D eigenvalue weighted by molar-refractivity contribution is 6.42. The molecule has 2 bridgehead atoms. The summed E-state index contributed by atoms with van der Waals surface area (Å²) in [4.78, 5) is 5.18. The maximum absolute atomic E-state index is 6.14. The van der Waals surface area contributed by atoms with Crippen LogP contribution in [0.25, 0.3) is 0 Å². The minimum Gasteiger partial charge on any atom is -0.369 e. The maximum Gasteiger partial charge on any atom is 0.0612 e. The number of hydrogen-bond donors (Lipinski definition) is 0. The normalized spacial score (nSPS) is 32.9. The first kappa shape index (κ1) is 14.2. The molecule has 1 aliphatic heterocycles. The Labute approximate surface area is 137 Å². The Morgan fingerprint density at radius 2 is 1.71 bits per heavy atom. The van der Waals surface area contributed by atoms with Crippen LogP contribution in [-0.4, -0.2) is 37.1 Å². The summed E-state index contributed by atoms with van der Waals surface area (Å²) in [5.74, 6) is 2.03. The van der Waals surface area contributed by atoms with Gasteiger partial charge >= 0.3 is 0 Å². The largest absolute Gasteiger partial charge is 0.369 e. The lowest BCUT2D eigenvalue weighted by atomic mass is 9.93. The van der Waals surface area contributed by atoms with Crippen LogP contribution in [0.2, 0.25) is 10.0 Å². The summed E-state index contributed by atoms with van der Waals surface area (Å²) in [7, 11) is 0. The standard InChI is InChI=1S/C17H22Cl2N2/c18-15-4-3-14(11-16(15)19)20-5-7-21(8-6-20)17-10-12-1-2-13(17)9-12/h3-4,11-13,17H,1-2,5-10H2/t12-,13-,17-/m0/s1. The lowest BCUT2D eigenvalue weighted by molar-refractivity contribution is 0.135. The Morgan fingerprint density at radius 3 is 2.33 bits per heavy atom. The van der Waals surface area contributed by atoms with Crippen molar-refractivity contribution in [2.24, 2.45) is 11.8 Å². The van der Waals surface area contributed by atoms with E-state index in [2.05, 4.69) is 15.9 Å². The summed E-state index contributed by atoms with van der Waals surface area (Å²) in [5.41, 5.74) is 1.21. The third kappa shape index (κ3) is 2.67. The van der Waals surface area contributed by atoms with E-state index in [9.17, 15) is 0 Å². The van der Waals surface area contributed by atoms with Crippen molar-refractivity contribution in [3.63, 3.8) is 0 Å². The first-order valence-electron chi connectivity index (χ1n) is 8.15. The molecule has 21 heavy (non-hydrogen) atoms. The molecule has 3 aliphatic rings. The van der Waals surface area contributed by atoms with E-state index < -0.39 is 0 Å². The molecule has 0 N–H and O–H groups in total. The van der Waals surface area contributed by atoms with Gasteiger partial charge in [0.2, 0.25) is 0 Å². The molecule has 3 atom stereocenters. The van der Waals surface area contributed by atoms with Gasteiger partial charge in [0.1, 0.15) is 0 Å². The van der Waals surface area contributed by atoms with Gasteiger partial charge in [-0.2, -0.15) is 0 Å². The van der Waals surface area contributed by atoms with E-state index in [1.165, 1.54) is 44.5 Å². The van der Waals surface area contributed by atoms with E-state index in [0.29, 0.717) is 10.0 Å². The zero-order valence-corrected chi connectivity index (χ0v) is 13.8. The van der Waals surface area contributed by atoms with Gasteiger partial charge in [0.25, 0.3) is 0 Å². The molecule has 2 nitrogen and oxygen atoms in total. The van der Waals surface area contributed by atoms with Gasteiger partial charge in [-0.15, -0.1) is 0 Å². The average Bonchev–Trinajstić information content (AvgIpc) is 3.13. The van der Waals surface area contributed by atoms with Crippen LogP contribution in [-0.2, 0) is 0 Å². The van der Waals surface area contributed by atoms with Gasteiger partial charge in [-0.05, 0) is 49.3 Å².